The van der Waals surface area contributed by atoms with Crippen LogP contribution in [0.5, 0.6) is 0 Å². The lowest BCUT2D eigenvalue weighted by Crippen LogP contribution is -2.36. The Balaban J connectivity index is 1.73. The quantitative estimate of drug-likeness (QED) is 0.302. The summed E-state index contributed by atoms with van der Waals surface area (Å²) in [6.45, 7) is 7.09. The number of piperidine rings is 1. The third-order valence-electron chi connectivity index (χ3n) is 4.95. The first kappa shape index (κ1) is 24.4. The Morgan fingerprint density at radius 3 is 2.59 bits per heavy atom. The number of nitrogens with one attached hydrogen (secondary N) is 2. The van der Waals surface area contributed by atoms with Gasteiger partial charge in [0.2, 0.25) is 5.95 Å². The first-order valence-corrected chi connectivity index (χ1v) is 11.2. The van der Waals surface area contributed by atoms with Gasteiger partial charge in [-0.2, -0.15) is 23.6 Å². The highest BCUT2D eigenvalue weighted by Crippen LogP contribution is 2.37. The predicted molar refractivity (Wildman–Crippen MR) is 123 cm³/mol. The third-order valence-corrected chi connectivity index (χ3v) is 5.56. The second-order valence-electron chi connectivity index (χ2n) is 8.22. The molecule has 2 heterocycles. The standard InChI is InChI=1S/C21H29F3N6OS/c1-14(2)28-31-32-29(4)17-9-7-16(8-10-17)26-20-25-12-18(21(22,23)24)19(27-20)30-11-5-6-15(3)13-30/h7-10,12,14-15,28H,5-6,11,13H2,1-4H3,(H,25,26,27). The SMILES string of the molecule is CC1CCCN(c2nc(Nc3ccc(N(C)SONC(C)C)cc3)ncc2C(F)(F)F)C1. The molecule has 1 fully saturated rings. The van der Waals surface area contributed by atoms with Crippen molar-refractivity contribution in [1.29, 1.82) is 0 Å². The molecule has 3 rings (SSSR count). The molecule has 2 aromatic rings. The van der Waals surface area contributed by atoms with Crippen molar-refractivity contribution in [3.05, 3.63) is 36.0 Å². The van der Waals surface area contributed by atoms with E-state index in [1.807, 2.05) is 56.4 Å². The van der Waals surface area contributed by atoms with Crippen LogP contribution in [-0.4, -0.2) is 36.1 Å². The fraction of sp³-hybridized carbons (Fsp3) is 0.524. The first-order chi connectivity index (χ1) is 15.1. The van der Waals surface area contributed by atoms with Gasteiger partial charge in [0.05, 0.1) is 0 Å². The number of hydrogen-bond donors (Lipinski definition) is 2. The van der Waals surface area contributed by atoms with E-state index in [0.717, 1.165) is 37.0 Å². The van der Waals surface area contributed by atoms with Gasteiger partial charge in [-0.05, 0) is 56.9 Å². The third kappa shape index (κ3) is 6.63. The highest BCUT2D eigenvalue weighted by Gasteiger charge is 2.37. The zero-order chi connectivity index (χ0) is 23.3. The van der Waals surface area contributed by atoms with E-state index in [-0.39, 0.29) is 17.8 Å². The number of halogens is 3. The van der Waals surface area contributed by atoms with E-state index in [4.69, 9.17) is 4.28 Å². The van der Waals surface area contributed by atoms with Crippen LogP contribution in [0.25, 0.3) is 0 Å². The summed E-state index contributed by atoms with van der Waals surface area (Å²) in [5.74, 6) is 0.383. The summed E-state index contributed by atoms with van der Waals surface area (Å²) in [5.41, 5.74) is 3.61. The summed E-state index contributed by atoms with van der Waals surface area (Å²) in [5, 5.41) is 3.01. The van der Waals surface area contributed by atoms with E-state index in [2.05, 4.69) is 20.8 Å². The second kappa shape index (κ2) is 10.6. The lowest BCUT2D eigenvalue weighted by atomic mass is 10.00. The molecule has 7 nitrogen and oxygen atoms in total. The Kier molecular flexibility index (Phi) is 8.07. The lowest BCUT2D eigenvalue weighted by Gasteiger charge is -2.33. The minimum atomic E-state index is -4.51. The Hall–Kier alpha value is -2.24. The van der Waals surface area contributed by atoms with Gasteiger partial charge in [0, 0.05) is 43.8 Å². The van der Waals surface area contributed by atoms with E-state index in [1.165, 1.54) is 0 Å². The molecule has 176 valence electrons. The number of anilines is 4. The second-order valence-corrected chi connectivity index (χ2v) is 9.09. The summed E-state index contributed by atoms with van der Waals surface area (Å²) in [7, 11) is 1.86. The Labute approximate surface area is 191 Å². The monoisotopic (exact) mass is 470 g/mol. The van der Waals surface area contributed by atoms with E-state index in [0.29, 0.717) is 24.7 Å². The van der Waals surface area contributed by atoms with Crippen molar-refractivity contribution in [3.63, 3.8) is 0 Å². The van der Waals surface area contributed by atoms with Crippen LogP contribution >= 0.6 is 12.2 Å². The van der Waals surface area contributed by atoms with E-state index < -0.39 is 11.7 Å². The van der Waals surface area contributed by atoms with Gasteiger partial charge >= 0.3 is 6.18 Å². The highest BCUT2D eigenvalue weighted by atomic mass is 32.2. The number of hydroxylamine groups is 1. The van der Waals surface area contributed by atoms with Crippen LogP contribution in [-0.2, 0) is 10.5 Å². The van der Waals surface area contributed by atoms with Gasteiger partial charge in [-0.15, -0.1) is 0 Å². The molecule has 1 aliphatic heterocycles. The number of nitrogens with zero attached hydrogens (tertiary/aromatic N) is 4. The van der Waals surface area contributed by atoms with E-state index >= 15 is 0 Å². The summed E-state index contributed by atoms with van der Waals surface area (Å²) in [6.07, 6.45) is -1.80. The minimum absolute atomic E-state index is 0.0656. The van der Waals surface area contributed by atoms with E-state index in [1.54, 1.807) is 4.90 Å². The van der Waals surface area contributed by atoms with Gasteiger partial charge in [0.15, 0.2) is 0 Å². The molecule has 1 saturated heterocycles. The summed E-state index contributed by atoms with van der Waals surface area (Å²) in [4.78, 5) is 9.88. The molecule has 1 aliphatic rings. The Morgan fingerprint density at radius 2 is 1.97 bits per heavy atom. The molecule has 0 saturated carbocycles. The van der Waals surface area contributed by atoms with Crippen molar-refractivity contribution < 1.29 is 17.5 Å². The molecule has 1 aromatic heterocycles. The van der Waals surface area contributed by atoms with Crippen molar-refractivity contribution in [2.24, 2.45) is 5.92 Å². The highest BCUT2D eigenvalue weighted by molar-refractivity contribution is 7.96. The molecule has 1 aromatic carbocycles. The fourth-order valence-electron chi connectivity index (χ4n) is 3.36. The number of benzene rings is 1. The number of rotatable bonds is 8. The Morgan fingerprint density at radius 1 is 1.25 bits per heavy atom. The molecular weight excluding hydrogens is 441 g/mol. The summed E-state index contributed by atoms with van der Waals surface area (Å²) >= 11 is 1.15. The average molecular weight is 471 g/mol. The zero-order valence-corrected chi connectivity index (χ0v) is 19.4. The topological polar surface area (TPSA) is 65.6 Å². The van der Waals surface area contributed by atoms with Crippen LogP contribution in [0.1, 0.15) is 39.2 Å². The smallest absolute Gasteiger partial charge is 0.356 e. The van der Waals surface area contributed by atoms with Crippen molar-refractivity contribution in [2.75, 3.05) is 34.7 Å². The largest absolute Gasteiger partial charge is 0.421 e. The van der Waals surface area contributed by atoms with Crippen LogP contribution < -0.4 is 20.0 Å². The number of aromatic nitrogens is 2. The van der Waals surface area contributed by atoms with E-state index in [9.17, 15) is 13.2 Å². The van der Waals surface area contributed by atoms with Gasteiger partial charge in [0.25, 0.3) is 0 Å². The molecule has 2 N–H and O–H groups in total. The maximum absolute atomic E-state index is 13.6. The van der Waals surface area contributed by atoms with Crippen LogP contribution in [0.3, 0.4) is 0 Å². The average Bonchev–Trinajstić information content (AvgIpc) is 2.73. The van der Waals surface area contributed by atoms with Gasteiger partial charge in [0.1, 0.15) is 23.6 Å². The molecule has 1 atom stereocenters. The van der Waals surface area contributed by atoms with Gasteiger partial charge in [-0.3, -0.25) is 4.31 Å². The predicted octanol–water partition coefficient (Wildman–Crippen LogP) is 5.40. The maximum atomic E-state index is 13.6. The van der Waals surface area contributed by atoms with Crippen LogP contribution in [0, 0.1) is 5.92 Å². The molecule has 0 amide bonds. The summed E-state index contributed by atoms with van der Waals surface area (Å²) < 4.78 is 47.8. The van der Waals surface area contributed by atoms with Crippen LogP contribution in [0.2, 0.25) is 0 Å². The van der Waals surface area contributed by atoms with Crippen molar-refractivity contribution in [2.45, 2.75) is 45.8 Å². The lowest BCUT2D eigenvalue weighted by molar-refractivity contribution is -0.137. The summed E-state index contributed by atoms with van der Waals surface area (Å²) in [6, 6.07) is 7.55. The van der Waals surface area contributed by atoms with Crippen LogP contribution in [0.4, 0.5) is 36.3 Å². The number of hydrogen-bond acceptors (Lipinski definition) is 8. The van der Waals surface area contributed by atoms with Crippen molar-refractivity contribution >= 4 is 35.4 Å². The first-order valence-electron chi connectivity index (χ1n) is 10.5. The normalized spacial score (nSPS) is 17.0. The molecule has 1 unspecified atom stereocenters. The Bertz CT molecular complexity index is 881. The molecule has 11 heteroatoms. The molecular formula is C21H29F3N6OS. The molecule has 0 radical (unpaired) electrons. The molecule has 32 heavy (non-hydrogen) atoms. The molecule has 0 spiro atoms. The number of alkyl halides is 3. The van der Waals surface area contributed by atoms with Crippen molar-refractivity contribution in [3.8, 4) is 0 Å². The molecule has 0 bridgehead atoms. The van der Waals surface area contributed by atoms with Gasteiger partial charge < -0.3 is 10.2 Å². The molecule has 0 aliphatic carbocycles. The minimum Gasteiger partial charge on any atom is -0.356 e. The fourth-order valence-corrected chi connectivity index (χ4v) is 3.91. The maximum Gasteiger partial charge on any atom is 0.421 e. The zero-order valence-electron chi connectivity index (χ0n) is 18.6. The van der Waals surface area contributed by atoms with Gasteiger partial charge in [-0.1, -0.05) is 6.92 Å². The van der Waals surface area contributed by atoms with Crippen LogP contribution in [0.15, 0.2) is 30.5 Å². The van der Waals surface area contributed by atoms with Gasteiger partial charge in [-0.25, -0.2) is 9.27 Å². The van der Waals surface area contributed by atoms with Crippen molar-refractivity contribution in [1.82, 2.24) is 15.4 Å².